The number of anilines is 1. The molecule has 9 nitrogen and oxygen atoms in total. The molecule has 1 aliphatic carbocycles. The van der Waals surface area contributed by atoms with Gasteiger partial charge in [-0.1, -0.05) is 12.1 Å². The topological polar surface area (TPSA) is 129 Å². The van der Waals surface area contributed by atoms with Crippen LogP contribution < -0.4 is 16.0 Å². The van der Waals surface area contributed by atoms with Gasteiger partial charge in [-0.15, -0.1) is 0 Å². The molecule has 3 aromatic rings. The van der Waals surface area contributed by atoms with Crippen molar-refractivity contribution < 1.29 is 19.1 Å². The SMILES string of the molecule is CNC(=O)c1ccc(CNC(=O)[C@H]2CC[C@@H](O)[C@H](Nc3cnc4ccccc4n3)C2)o1. The molecule has 1 aromatic carbocycles. The number of benzene rings is 1. The van der Waals surface area contributed by atoms with Crippen LogP contribution in [0.4, 0.5) is 5.82 Å². The first-order valence-corrected chi connectivity index (χ1v) is 10.3. The van der Waals surface area contributed by atoms with E-state index in [9.17, 15) is 14.7 Å². The van der Waals surface area contributed by atoms with E-state index in [0.717, 1.165) is 11.0 Å². The Morgan fingerprint density at radius 1 is 1.16 bits per heavy atom. The Hall–Kier alpha value is -3.46. The van der Waals surface area contributed by atoms with Gasteiger partial charge in [0.1, 0.15) is 11.6 Å². The minimum Gasteiger partial charge on any atom is -0.454 e. The van der Waals surface area contributed by atoms with E-state index in [0.29, 0.717) is 30.8 Å². The Balaban J connectivity index is 1.35. The summed E-state index contributed by atoms with van der Waals surface area (Å²) in [7, 11) is 1.53. The highest BCUT2D eigenvalue weighted by atomic mass is 16.4. The number of rotatable bonds is 6. The number of aliphatic hydroxyl groups is 1. The van der Waals surface area contributed by atoms with E-state index in [-0.39, 0.29) is 36.1 Å². The van der Waals surface area contributed by atoms with Crippen LogP contribution in [0.1, 0.15) is 35.6 Å². The van der Waals surface area contributed by atoms with Gasteiger partial charge in [-0.2, -0.15) is 0 Å². The van der Waals surface area contributed by atoms with Gasteiger partial charge in [0.2, 0.25) is 5.91 Å². The molecule has 0 aliphatic heterocycles. The molecular weight excluding hydrogens is 398 g/mol. The van der Waals surface area contributed by atoms with Gasteiger partial charge in [0.15, 0.2) is 5.76 Å². The van der Waals surface area contributed by atoms with Crippen molar-refractivity contribution in [2.24, 2.45) is 5.92 Å². The number of hydrogen-bond donors (Lipinski definition) is 4. The van der Waals surface area contributed by atoms with E-state index in [4.69, 9.17) is 4.42 Å². The van der Waals surface area contributed by atoms with Crippen LogP contribution in [0, 0.1) is 5.92 Å². The smallest absolute Gasteiger partial charge is 0.286 e. The van der Waals surface area contributed by atoms with Crippen molar-refractivity contribution in [2.75, 3.05) is 12.4 Å². The van der Waals surface area contributed by atoms with Gasteiger partial charge < -0.3 is 25.5 Å². The first-order chi connectivity index (χ1) is 15.0. The van der Waals surface area contributed by atoms with Crippen molar-refractivity contribution in [3.63, 3.8) is 0 Å². The molecule has 31 heavy (non-hydrogen) atoms. The Morgan fingerprint density at radius 3 is 2.77 bits per heavy atom. The third-order valence-corrected chi connectivity index (χ3v) is 5.52. The van der Waals surface area contributed by atoms with Crippen LogP contribution in [0.25, 0.3) is 11.0 Å². The van der Waals surface area contributed by atoms with Gasteiger partial charge >= 0.3 is 0 Å². The second kappa shape index (κ2) is 9.13. The largest absolute Gasteiger partial charge is 0.454 e. The highest BCUT2D eigenvalue weighted by Crippen LogP contribution is 2.27. The second-order valence-electron chi connectivity index (χ2n) is 7.63. The zero-order valence-electron chi connectivity index (χ0n) is 17.2. The summed E-state index contributed by atoms with van der Waals surface area (Å²) >= 11 is 0. The molecule has 2 amide bonds. The van der Waals surface area contributed by atoms with Crippen molar-refractivity contribution in [3.8, 4) is 0 Å². The number of fused-ring (bicyclic) bond motifs is 1. The normalized spacial score (nSPS) is 20.9. The van der Waals surface area contributed by atoms with E-state index >= 15 is 0 Å². The van der Waals surface area contributed by atoms with Crippen LogP contribution in [-0.2, 0) is 11.3 Å². The zero-order valence-corrected chi connectivity index (χ0v) is 17.2. The summed E-state index contributed by atoms with van der Waals surface area (Å²) in [5.74, 6) is 0.603. The summed E-state index contributed by atoms with van der Waals surface area (Å²) < 4.78 is 5.43. The van der Waals surface area contributed by atoms with Crippen LogP contribution in [0.5, 0.6) is 0 Å². The summed E-state index contributed by atoms with van der Waals surface area (Å²) in [6.07, 6.45) is 2.65. The highest BCUT2D eigenvalue weighted by molar-refractivity contribution is 5.91. The van der Waals surface area contributed by atoms with Crippen molar-refractivity contribution in [3.05, 3.63) is 54.1 Å². The zero-order chi connectivity index (χ0) is 21.8. The lowest BCUT2D eigenvalue weighted by molar-refractivity contribution is -0.127. The van der Waals surface area contributed by atoms with E-state index in [2.05, 4.69) is 25.9 Å². The molecule has 1 fully saturated rings. The molecule has 9 heteroatoms. The molecule has 162 valence electrons. The summed E-state index contributed by atoms with van der Waals surface area (Å²) in [6, 6.07) is 10.5. The lowest BCUT2D eigenvalue weighted by Crippen LogP contribution is -2.44. The van der Waals surface area contributed by atoms with Crippen molar-refractivity contribution in [1.82, 2.24) is 20.6 Å². The van der Waals surface area contributed by atoms with Crippen LogP contribution in [0.2, 0.25) is 0 Å². The van der Waals surface area contributed by atoms with Gasteiger partial charge in [-0.05, 0) is 43.5 Å². The molecule has 0 spiro atoms. The standard InChI is InChI=1S/C22H25N5O4/c1-23-22(30)19-9-7-14(31-19)11-25-21(29)13-6-8-18(28)17(10-13)27-20-12-24-15-4-2-3-5-16(15)26-20/h2-5,7,9,12-13,17-18,28H,6,8,10-11H2,1H3,(H,23,30)(H,25,29)(H,26,27)/t13-,17+,18+/m0/s1. The minimum atomic E-state index is -0.572. The number of hydrogen-bond acceptors (Lipinski definition) is 7. The molecule has 1 saturated carbocycles. The molecule has 2 aromatic heterocycles. The number of aliphatic hydroxyl groups excluding tert-OH is 1. The Morgan fingerprint density at radius 2 is 1.97 bits per heavy atom. The predicted molar refractivity (Wildman–Crippen MR) is 114 cm³/mol. The van der Waals surface area contributed by atoms with Crippen LogP contribution in [0.3, 0.4) is 0 Å². The van der Waals surface area contributed by atoms with Crippen LogP contribution in [0.15, 0.2) is 47.0 Å². The fourth-order valence-corrected chi connectivity index (χ4v) is 3.80. The maximum atomic E-state index is 12.7. The van der Waals surface area contributed by atoms with Crippen molar-refractivity contribution >= 4 is 28.7 Å². The average Bonchev–Trinajstić information content (AvgIpc) is 3.27. The number of carbonyl (C=O) groups is 2. The highest BCUT2D eigenvalue weighted by Gasteiger charge is 2.33. The lowest BCUT2D eigenvalue weighted by Gasteiger charge is -2.33. The van der Waals surface area contributed by atoms with E-state index in [1.807, 2.05) is 24.3 Å². The van der Waals surface area contributed by atoms with Gasteiger partial charge in [0.25, 0.3) is 5.91 Å². The molecule has 3 atom stereocenters. The number of amides is 2. The van der Waals surface area contributed by atoms with Crippen LogP contribution in [-0.4, -0.2) is 46.1 Å². The maximum Gasteiger partial charge on any atom is 0.286 e. The molecule has 0 saturated heterocycles. The maximum absolute atomic E-state index is 12.7. The number of nitrogens with zero attached hydrogens (tertiary/aromatic N) is 2. The Labute approximate surface area is 179 Å². The molecule has 0 bridgehead atoms. The first kappa shape index (κ1) is 20.8. The second-order valence-corrected chi connectivity index (χ2v) is 7.63. The molecule has 4 rings (SSSR count). The quantitative estimate of drug-likeness (QED) is 0.476. The van der Waals surface area contributed by atoms with E-state index < -0.39 is 6.10 Å². The van der Waals surface area contributed by atoms with Crippen molar-refractivity contribution in [1.29, 1.82) is 0 Å². The van der Waals surface area contributed by atoms with Crippen LogP contribution >= 0.6 is 0 Å². The number of para-hydroxylation sites is 2. The monoisotopic (exact) mass is 423 g/mol. The summed E-state index contributed by atoms with van der Waals surface area (Å²) in [5, 5.41) is 19.0. The minimum absolute atomic E-state index is 0.110. The molecule has 1 aliphatic rings. The molecular formula is C22H25N5O4. The van der Waals surface area contributed by atoms with Gasteiger partial charge in [-0.3, -0.25) is 14.6 Å². The van der Waals surface area contributed by atoms with Gasteiger partial charge in [-0.25, -0.2) is 4.98 Å². The van der Waals surface area contributed by atoms with Crippen molar-refractivity contribution in [2.45, 2.75) is 38.0 Å². The summed E-state index contributed by atoms with van der Waals surface area (Å²) in [5.41, 5.74) is 1.56. The first-order valence-electron chi connectivity index (χ1n) is 10.3. The van der Waals surface area contributed by atoms with Gasteiger partial charge in [0.05, 0.1) is 35.9 Å². The Bertz CT molecular complexity index is 1080. The fraction of sp³-hybridized carbons (Fsp3) is 0.364. The number of carbonyl (C=O) groups excluding carboxylic acids is 2. The Kier molecular flexibility index (Phi) is 6.13. The molecule has 0 radical (unpaired) electrons. The lowest BCUT2D eigenvalue weighted by atomic mass is 9.83. The third-order valence-electron chi connectivity index (χ3n) is 5.52. The van der Waals surface area contributed by atoms with E-state index in [1.165, 1.54) is 7.05 Å². The fourth-order valence-electron chi connectivity index (χ4n) is 3.80. The summed E-state index contributed by atoms with van der Waals surface area (Å²) in [4.78, 5) is 33.2. The molecule has 0 unspecified atom stereocenters. The number of aromatic nitrogens is 2. The molecule has 2 heterocycles. The molecule has 4 N–H and O–H groups in total. The van der Waals surface area contributed by atoms with E-state index in [1.54, 1.807) is 18.3 Å². The number of nitrogens with one attached hydrogen (secondary N) is 3. The summed E-state index contributed by atoms with van der Waals surface area (Å²) in [6.45, 7) is 0.198. The van der Waals surface area contributed by atoms with Gasteiger partial charge in [0, 0.05) is 13.0 Å². The predicted octanol–water partition coefficient (Wildman–Crippen LogP) is 1.84. The number of furan rings is 1. The average molecular weight is 423 g/mol. The third kappa shape index (κ3) is 4.83.